The van der Waals surface area contributed by atoms with Gasteiger partial charge in [0, 0.05) is 18.9 Å². The first-order chi connectivity index (χ1) is 49.2. The van der Waals surface area contributed by atoms with Gasteiger partial charge in [-0.1, -0.05) is 290 Å². The molecule has 1 aliphatic carbocycles. The lowest BCUT2D eigenvalue weighted by molar-refractivity contribution is -0.360. The molecule has 2 saturated heterocycles. The number of allylic oxidation sites excluding steroid dienone is 3. The third-order valence-corrected chi connectivity index (χ3v) is 21.0. The van der Waals surface area contributed by atoms with E-state index in [1.165, 1.54) is 173 Å². The molecule has 0 aromatic carbocycles. The van der Waals surface area contributed by atoms with E-state index in [4.69, 9.17) is 42.2 Å². The van der Waals surface area contributed by atoms with Crippen LogP contribution in [0.15, 0.2) is 24.3 Å². The third-order valence-electron chi connectivity index (χ3n) is 20.0. The number of hydrogen-bond donors (Lipinski definition) is 11. The quantitative estimate of drug-likeness (QED) is 0.00673. The summed E-state index contributed by atoms with van der Waals surface area (Å²) in [5.41, 5.74) is 0. The molecule has 2 heterocycles. The van der Waals surface area contributed by atoms with Crippen molar-refractivity contribution < 1.29 is 117 Å². The van der Waals surface area contributed by atoms with Crippen molar-refractivity contribution >= 4 is 25.7 Å². The van der Waals surface area contributed by atoms with Gasteiger partial charge in [0.05, 0.1) is 13.2 Å². The van der Waals surface area contributed by atoms with Crippen molar-refractivity contribution in [3.05, 3.63) is 24.3 Å². The molecule has 1 saturated carbocycles. The van der Waals surface area contributed by atoms with Crippen LogP contribution in [0.3, 0.4) is 0 Å². The second-order valence-corrected chi connectivity index (χ2v) is 30.5. The molecule has 102 heavy (non-hydrogen) atoms. The Balaban J connectivity index is 1.73. The third kappa shape index (κ3) is 40.0. The summed E-state index contributed by atoms with van der Waals surface area (Å²) in [6.45, 7) is 5.68. The zero-order valence-electron chi connectivity index (χ0n) is 62.8. The lowest BCUT2D eigenvalue weighted by atomic mass is 9.84. The van der Waals surface area contributed by atoms with Gasteiger partial charge in [-0.3, -0.25) is 18.6 Å². The van der Waals surface area contributed by atoms with Gasteiger partial charge in [0.15, 0.2) is 18.7 Å². The molecule has 0 aromatic heterocycles. The van der Waals surface area contributed by atoms with Gasteiger partial charge in [0.2, 0.25) is 0 Å². The van der Waals surface area contributed by atoms with Gasteiger partial charge in [-0.05, 0) is 31.6 Å². The maximum absolute atomic E-state index is 14.4. The first kappa shape index (κ1) is 93.6. The molecule has 19 atom stereocenters. The van der Waals surface area contributed by atoms with E-state index < -0.39 is 156 Å². The van der Waals surface area contributed by atoms with E-state index in [-0.39, 0.29) is 12.8 Å². The van der Waals surface area contributed by atoms with E-state index in [0.717, 1.165) is 96.0 Å². The van der Waals surface area contributed by atoms with Gasteiger partial charge in [-0.15, -0.1) is 0 Å². The zero-order valence-corrected chi connectivity index (χ0v) is 63.7. The molecular formula is C77H141O24P. The van der Waals surface area contributed by atoms with Gasteiger partial charge >= 0.3 is 25.7 Å². The summed E-state index contributed by atoms with van der Waals surface area (Å²) in [5, 5.41) is 110. The Hall–Kier alpha value is -2.56. The smallest absolute Gasteiger partial charge is 0.463 e. The predicted octanol–water partition coefficient (Wildman–Crippen LogP) is 11.9. The SMILES string of the molecule is CCCCCCCCCCCCC/C=C/C=C/C(=O)OCC(COP(=O)(O)OC1C(OC2OC(CO)C(O)C(O)C2O)C(O)C(O)C(O)C1OC1OC(COC(=O)CCCCCCCCC(C)CCCCCCCC)C(O)C(O)C1O)OC(=O)CCCCCCCCCCCCCCCCCC. The predicted molar refractivity (Wildman–Crippen MR) is 388 cm³/mol. The van der Waals surface area contributed by atoms with Gasteiger partial charge < -0.3 is 89.1 Å². The van der Waals surface area contributed by atoms with Crippen LogP contribution in [0.5, 0.6) is 0 Å². The molecule has 11 N–H and O–H groups in total. The number of unbranched alkanes of at least 4 members (excludes halogenated alkanes) is 36. The first-order valence-electron chi connectivity index (χ1n) is 40.1. The van der Waals surface area contributed by atoms with Crippen LogP contribution in [-0.2, 0) is 61.2 Å². The molecule has 0 spiro atoms. The van der Waals surface area contributed by atoms with Crippen molar-refractivity contribution in [3.8, 4) is 0 Å². The Kier molecular flexibility index (Phi) is 52.8. The maximum Gasteiger partial charge on any atom is 0.472 e. The Morgan fingerprint density at radius 3 is 1.25 bits per heavy atom. The Labute approximate surface area is 611 Å². The topological polar surface area (TPSA) is 374 Å². The van der Waals surface area contributed by atoms with E-state index in [0.29, 0.717) is 18.8 Å². The molecule has 2 aliphatic heterocycles. The normalized spacial score (nSPS) is 27.4. The van der Waals surface area contributed by atoms with E-state index >= 15 is 0 Å². The van der Waals surface area contributed by atoms with Crippen LogP contribution in [-0.4, -0.2) is 204 Å². The second kappa shape index (κ2) is 57.5. The van der Waals surface area contributed by atoms with Crippen LogP contribution >= 0.6 is 7.82 Å². The Morgan fingerprint density at radius 1 is 0.431 bits per heavy atom. The van der Waals surface area contributed by atoms with Crippen molar-refractivity contribution in [2.75, 3.05) is 26.4 Å². The molecule has 24 nitrogen and oxygen atoms in total. The minimum absolute atomic E-state index is 0.0263. The fourth-order valence-electron chi connectivity index (χ4n) is 13.4. The van der Waals surface area contributed by atoms with Gasteiger partial charge in [0.1, 0.15) is 98.7 Å². The first-order valence-corrected chi connectivity index (χ1v) is 41.5. The van der Waals surface area contributed by atoms with Crippen molar-refractivity contribution in [2.24, 2.45) is 5.92 Å². The summed E-state index contributed by atoms with van der Waals surface area (Å²) in [6, 6.07) is 0. The number of carbonyl (C=O) groups is 3. The fourth-order valence-corrected chi connectivity index (χ4v) is 14.4. The summed E-state index contributed by atoms with van der Waals surface area (Å²) >= 11 is 0. The largest absolute Gasteiger partial charge is 0.472 e. The molecule has 3 fully saturated rings. The Bertz CT molecular complexity index is 2210. The summed E-state index contributed by atoms with van der Waals surface area (Å²) in [5.74, 6) is -1.54. The number of rotatable bonds is 62. The number of esters is 3. The van der Waals surface area contributed by atoms with E-state index in [2.05, 4.69) is 27.7 Å². The average molecular weight is 1480 g/mol. The van der Waals surface area contributed by atoms with Gasteiger partial charge in [-0.2, -0.15) is 0 Å². The van der Waals surface area contributed by atoms with E-state index in [1.54, 1.807) is 6.08 Å². The van der Waals surface area contributed by atoms with Crippen LogP contribution in [0.4, 0.5) is 0 Å². The lowest BCUT2D eigenvalue weighted by Gasteiger charge is -2.49. The molecule has 0 radical (unpaired) electrons. The number of ether oxygens (including phenoxy) is 7. The number of carbonyl (C=O) groups excluding carboxylic acids is 3. The number of hydrogen-bond acceptors (Lipinski definition) is 23. The van der Waals surface area contributed by atoms with Crippen LogP contribution in [0.25, 0.3) is 0 Å². The number of phosphoric acid groups is 1. The lowest BCUT2D eigenvalue weighted by Crippen LogP contribution is -2.69. The molecule has 25 heteroatoms. The molecule has 0 bridgehead atoms. The van der Waals surface area contributed by atoms with E-state index in [1.807, 2.05) is 6.08 Å². The highest BCUT2D eigenvalue weighted by molar-refractivity contribution is 7.47. The summed E-state index contributed by atoms with van der Waals surface area (Å²) in [4.78, 5) is 51.0. The van der Waals surface area contributed by atoms with Crippen molar-refractivity contribution in [1.82, 2.24) is 0 Å². The molecule has 0 amide bonds. The maximum atomic E-state index is 14.4. The summed E-state index contributed by atoms with van der Waals surface area (Å²) in [7, 11) is -5.72. The fraction of sp³-hybridized carbons (Fsp3) is 0.909. The monoisotopic (exact) mass is 1480 g/mol. The molecule has 3 aliphatic rings. The van der Waals surface area contributed by atoms with Gasteiger partial charge in [0.25, 0.3) is 0 Å². The highest BCUT2D eigenvalue weighted by Gasteiger charge is 2.58. The minimum Gasteiger partial charge on any atom is -0.463 e. The highest BCUT2D eigenvalue weighted by atomic mass is 31.2. The van der Waals surface area contributed by atoms with Crippen LogP contribution in [0.2, 0.25) is 0 Å². The second-order valence-electron chi connectivity index (χ2n) is 29.1. The molecular weight excluding hydrogens is 1340 g/mol. The molecule has 0 aromatic rings. The highest BCUT2D eigenvalue weighted by Crippen LogP contribution is 2.49. The van der Waals surface area contributed by atoms with Crippen molar-refractivity contribution in [3.63, 3.8) is 0 Å². The minimum atomic E-state index is -5.72. The van der Waals surface area contributed by atoms with Crippen molar-refractivity contribution in [2.45, 2.75) is 414 Å². The summed E-state index contributed by atoms with van der Waals surface area (Å²) in [6.07, 6.45) is 18.6. The van der Waals surface area contributed by atoms with Crippen LogP contribution in [0, 0.1) is 5.92 Å². The van der Waals surface area contributed by atoms with Crippen LogP contribution < -0.4 is 0 Å². The Morgan fingerprint density at radius 2 is 0.814 bits per heavy atom. The standard InChI is InChI=1S/C77H141O24P/c1-5-8-11-14-17-19-21-23-25-27-29-31-33-35-42-47-52-63(81)96-58(54-93-61(79)50-45-40-34-32-30-28-26-24-22-20-18-15-12-9-6-2)55-95-102(91,92)101-75-73(99-76-71(89)66(84)64(82)59(53-78)97-76)69(87)68(86)70(88)74(75)100-77-72(90)67(85)65(83)60(98-77)56-94-62(80)51-46-41-37-36-39-44-49-57(4)48-43-38-16-13-10-7-3/h34,40,45,50,57-60,64-78,82-90H,5-33,35-39,41-44,46-49,51-56H2,1-4H3,(H,91,92)/b40-34+,50-45+. The van der Waals surface area contributed by atoms with Gasteiger partial charge in [-0.25, -0.2) is 9.36 Å². The molecule has 598 valence electrons. The average Bonchev–Trinajstić information content (AvgIpc) is 0.761. The molecule has 3 rings (SSSR count). The van der Waals surface area contributed by atoms with Crippen LogP contribution in [0.1, 0.15) is 310 Å². The van der Waals surface area contributed by atoms with E-state index in [9.17, 15) is 74.9 Å². The number of aliphatic hydroxyl groups excluding tert-OH is 10. The zero-order chi connectivity index (χ0) is 74.8. The molecule has 19 unspecified atom stereocenters. The van der Waals surface area contributed by atoms with Crippen molar-refractivity contribution in [1.29, 1.82) is 0 Å². The number of aliphatic hydroxyl groups is 10. The summed E-state index contributed by atoms with van der Waals surface area (Å²) < 4.78 is 65.0. The number of phosphoric ester groups is 1.